The van der Waals surface area contributed by atoms with Crippen molar-refractivity contribution in [1.29, 1.82) is 0 Å². The zero-order valence-electron chi connectivity index (χ0n) is 10.8. The van der Waals surface area contributed by atoms with E-state index in [9.17, 15) is 21.6 Å². The van der Waals surface area contributed by atoms with Crippen LogP contribution in [0.2, 0.25) is 0 Å². The summed E-state index contributed by atoms with van der Waals surface area (Å²) < 4.78 is 65.8. The van der Waals surface area contributed by atoms with Crippen molar-refractivity contribution in [3.05, 3.63) is 53.3 Å². The van der Waals surface area contributed by atoms with Crippen molar-refractivity contribution in [3.63, 3.8) is 0 Å². The summed E-state index contributed by atoms with van der Waals surface area (Å²) in [6.45, 7) is 1.27. The fraction of sp³-hybridized carbons (Fsp3) is 0.0769. The number of nitrogens with two attached hydrogens (primary N) is 1. The third-order valence-electron chi connectivity index (χ3n) is 2.78. The molecule has 0 aliphatic heterocycles. The van der Waals surface area contributed by atoms with E-state index in [-0.39, 0.29) is 21.8 Å². The molecule has 0 saturated carbocycles. The molecule has 0 radical (unpaired) electrons. The first-order valence-corrected chi connectivity index (χ1v) is 7.22. The molecule has 0 aliphatic rings. The highest BCUT2D eigenvalue weighted by Gasteiger charge is 2.20. The van der Waals surface area contributed by atoms with Crippen LogP contribution in [-0.4, -0.2) is 8.42 Å². The van der Waals surface area contributed by atoms with Gasteiger partial charge in [-0.3, -0.25) is 4.72 Å². The normalized spacial score (nSPS) is 11.4. The van der Waals surface area contributed by atoms with E-state index in [1.807, 2.05) is 4.72 Å². The SMILES string of the molecule is Cc1c(F)cc(N)cc1S(=O)(=O)Nc1ccc(F)c(F)c1. The number of anilines is 2. The van der Waals surface area contributed by atoms with Gasteiger partial charge in [0.15, 0.2) is 11.6 Å². The van der Waals surface area contributed by atoms with Crippen LogP contribution in [-0.2, 0) is 10.0 Å². The van der Waals surface area contributed by atoms with Crippen LogP contribution in [0.1, 0.15) is 5.56 Å². The van der Waals surface area contributed by atoms with Crippen LogP contribution in [0.3, 0.4) is 0 Å². The van der Waals surface area contributed by atoms with E-state index in [1.54, 1.807) is 0 Å². The molecule has 112 valence electrons. The molecular formula is C13H11F3N2O2S. The summed E-state index contributed by atoms with van der Waals surface area (Å²) >= 11 is 0. The molecule has 2 rings (SSSR count). The summed E-state index contributed by atoms with van der Waals surface area (Å²) in [5.41, 5.74) is 5.04. The zero-order chi connectivity index (χ0) is 15.8. The predicted octanol–water partition coefficient (Wildman–Crippen LogP) is 2.80. The Morgan fingerprint density at radius 2 is 1.67 bits per heavy atom. The number of nitrogen functional groups attached to an aromatic ring is 1. The van der Waals surface area contributed by atoms with Gasteiger partial charge in [0.05, 0.1) is 10.6 Å². The molecule has 4 nitrogen and oxygen atoms in total. The molecule has 0 unspecified atom stereocenters. The quantitative estimate of drug-likeness (QED) is 0.855. The lowest BCUT2D eigenvalue weighted by atomic mass is 10.2. The first-order chi connectivity index (χ1) is 9.70. The van der Waals surface area contributed by atoms with Gasteiger partial charge >= 0.3 is 0 Å². The largest absolute Gasteiger partial charge is 0.399 e. The summed E-state index contributed by atoms with van der Waals surface area (Å²) in [6, 6.07) is 4.59. The average Bonchev–Trinajstić information content (AvgIpc) is 2.37. The fourth-order valence-corrected chi connectivity index (χ4v) is 3.06. The zero-order valence-corrected chi connectivity index (χ0v) is 11.6. The smallest absolute Gasteiger partial charge is 0.262 e. The molecular weight excluding hydrogens is 305 g/mol. The number of benzene rings is 2. The van der Waals surface area contributed by atoms with Gasteiger partial charge in [-0.25, -0.2) is 21.6 Å². The van der Waals surface area contributed by atoms with E-state index in [1.165, 1.54) is 6.92 Å². The lowest BCUT2D eigenvalue weighted by Crippen LogP contribution is -2.15. The standard InChI is InChI=1S/C13H11F3N2O2S/c1-7-11(15)4-8(17)5-13(7)21(19,20)18-9-2-3-10(14)12(16)6-9/h2-6,18H,17H2,1H3. The third-order valence-corrected chi connectivity index (χ3v) is 4.29. The molecule has 21 heavy (non-hydrogen) atoms. The summed E-state index contributed by atoms with van der Waals surface area (Å²) in [5.74, 6) is -3.09. The summed E-state index contributed by atoms with van der Waals surface area (Å²) in [7, 11) is -4.18. The van der Waals surface area contributed by atoms with Gasteiger partial charge in [0, 0.05) is 17.3 Å². The maximum absolute atomic E-state index is 13.5. The Hall–Kier alpha value is -2.22. The van der Waals surface area contributed by atoms with Crippen molar-refractivity contribution in [2.45, 2.75) is 11.8 Å². The molecule has 0 atom stereocenters. The Bertz CT molecular complexity index is 807. The Balaban J connectivity index is 2.45. The van der Waals surface area contributed by atoms with Crippen LogP contribution in [0.15, 0.2) is 35.2 Å². The summed E-state index contributed by atoms with van der Waals surface area (Å²) in [5, 5.41) is 0. The van der Waals surface area contributed by atoms with E-state index < -0.39 is 27.5 Å². The van der Waals surface area contributed by atoms with E-state index in [0.717, 1.165) is 24.3 Å². The van der Waals surface area contributed by atoms with Gasteiger partial charge in [-0.2, -0.15) is 0 Å². The van der Waals surface area contributed by atoms with Gasteiger partial charge in [-0.15, -0.1) is 0 Å². The second-order valence-electron chi connectivity index (χ2n) is 4.36. The van der Waals surface area contributed by atoms with Crippen LogP contribution in [0.25, 0.3) is 0 Å². The number of hydrogen-bond acceptors (Lipinski definition) is 3. The topological polar surface area (TPSA) is 72.2 Å². The van der Waals surface area contributed by atoms with E-state index in [0.29, 0.717) is 6.07 Å². The lowest BCUT2D eigenvalue weighted by molar-refractivity contribution is 0.509. The average molecular weight is 316 g/mol. The van der Waals surface area contributed by atoms with Crippen LogP contribution in [0, 0.1) is 24.4 Å². The number of sulfonamides is 1. The van der Waals surface area contributed by atoms with E-state index in [4.69, 9.17) is 5.73 Å². The van der Waals surface area contributed by atoms with Crippen molar-refractivity contribution < 1.29 is 21.6 Å². The Morgan fingerprint density at radius 1 is 1.00 bits per heavy atom. The highest BCUT2D eigenvalue weighted by Crippen LogP contribution is 2.24. The highest BCUT2D eigenvalue weighted by molar-refractivity contribution is 7.92. The van der Waals surface area contributed by atoms with Gasteiger partial charge in [0.2, 0.25) is 0 Å². The summed E-state index contributed by atoms with van der Waals surface area (Å²) in [6.07, 6.45) is 0. The minimum absolute atomic E-state index is 0.0660. The molecule has 8 heteroatoms. The van der Waals surface area contributed by atoms with Crippen LogP contribution >= 0.6 is 0 Å². The number of rotatable bonds is 3. The molecule has 0 aromatic heterocycles. The maximum Gasteiger partial charge on any atom is 0.262 e. The Kier molecular flexibility index (Phi) is 3.82. The molecule has 0 amide bonds. The van der Waals surface area contributed by atoms with Crippen LogP contribution in [0.5, 0.6) is 0 Å². The van der Waals surface area contributed by atoms with Crippen molar-refractivity contribution in [3.8, 4) is 0 Å². The first kappa shape index (κ1) is 15.2. The first-order valence-electron chi connectivity index (χ1n) is 5.74. The molecule has 0 aliphatic carbocycles. The third kappa shape index (κ3) is 3.10. The van der Waals surface area contributed by atoms with Gasteiger partial charge < -0.3 is 5.73 Å². The number of nitrogens with one attached hydrogen (secondary N) is 1. The minimum atomic E-state index is -4.18. The van der Waals surface area contributed by atoms with Gasteiger partial charge in [-0.1, -0.05) is 0 Å². The summed E-state index contributed by atoms with van der Waals surface area (Å²) in [4.78, 5) is -0.371. The molecule has 2 aromatic carbocycles. The van der Waals surface area contributed by atoms with Gasteiger partial charge in [-0.05, 0) is 31.2 Å². The Labute approximate surface area is 119 Å². The van der Waals surface area contributed by atoms with E-state index in [2.05, 4.69) is 0 Å². The highest BCUT2D eigenvalue weighted by atomic mass is 32.2. The Morgan fingerprint density at radius 3 is 2.29 bits per heavy atom. The second kappa shape index (κ2) is 5.28. The molecule has 0 spiro atoms. The predicted molar refractivity (Wildman–Crippen MR) is 72.7 cm³/mol. The molecule has 2 aromatic rings. The van der Waals surface area contributed by atoms with Crippen molar-refractivity contribution in [1.82, 2.24) is 0 Å². The molecule has 0 bridgehead atoms. The lowest BCUT2D eigenvalue weighted by Gasteiger charge is -2.12. The van der Waals surface area contributed by atoms with E-state index >= 15 is 0 Å². The number of halogens is 3. The maximum atomic E-state index is 13.5. The molecule has 3 N–H and O–H groups in total. The molecule has 0 saturated heterocycles. The molecule has 0 heterocycles. The van der Waals surface area contributed by atoms with Crippen molar-refractivity contribution in [2.24, 2.45) is 0 Å². The molecule has 0 fully saturated rings. The van der Waals surface area contributed by atoms with Gasteiger partial charge in [0.25, 0.3) is 10.0 Å². The minimum Gasteiger partial charge on any atom is -0.399 e. The van der Waals surface area contributed by atoms with Gasteiger partial charge in [0.1, 0.15) is 5.82 Å². The monoisotopic (exact) mass is 316 g/mol. The van der Waals surface area contributed by atoms with Crippen molar-refractivity contribution >= 4 is 21.4 Å². The fourth-order valence-electron chi connectivity index (χ4n) is 1.72. The number of hydrogen-bond donors (Lipinski definition) is 2. The van der Waals surface area contributed by atoms with Crippen LogP contribution in [0.4, 0.5) is 24.5 Å². The second-order valence-corrected chi connectivity index (χ2v) is 6.01. The van der Waals surface area contributed by atoms with Crippen molar-refractivity contribution in [2.75, 3.05) is 10.5 Å². The van der Waals surface area contributed by atoms with Crippen LogP contribution < -0.4 is 10.5 Å².